The molecule has 1 fully saturated rings. The molecule has 2 heterocycles. The van der Waals surface area contributed by atoms with Crippen molar-refractivity contribution in [3.63, 3.8) is 0 Å². The smallest absolute Gasteiger partial charge is 0.387 e. The number of ether oxygens (including phenoxy) is 2. The highest BCUT2D eigenvalue weighted by molar-refractivity contribution is 6.04. The van der Waals surface area contributed by atoms with Crippen molar-refractivity contribution in [2.45, 2.75) is 25.1 Å². The molecule has 1 aliphatic rings. The number of benzene rings is 2. The van der Waals surface area contributed by atoms with Crippen LogP contribution in [0.25, 0.3) is 0 Å². The van der Waals surface area contributed by atoms with Crippen LogP contribution < -0.4 is 25.2 Å². The fourth-order valence-electron chi connectivity index (χ4n) is 4.31. The van der Waals surface area contributed by atoms with E-state index in [1.165, 1.54) is 19.2 Å². The van der Waals surface area contributed by atoms with Gasteiger partial charge in [-0.3, -0.25) is 19.0 Å². The van der Waals surface area contributed by atoms with E-state index in [2.05, 4.69) is 15.0 Å². The quantitative estimate of drug-likeness (QED) is 0.391. The zero-order chi connectivity index (χ0) is 28.3. The molecular weight excluding hydrogens is 528 g/mol. The fourth-order valence-corrected chi connectivity index (χ4v) is 4.31. The lowest BCUT2D eigenvalue weighted by molar-refractivity contribution is -0.118. The second-order valence-electron chi connectivity index (χ2n) is 8.42. The van der Waals surface area contributed by atoms with Gasteiger partial charge in [-0.1, -0.05) is 0 Å². The number of methoxy groups -OCH3 is 1. The van der Waals surface area contributed by atoms with E-state index in [9.17, 15) is 28.3 Å². The van der Waals surface area contributed by atoms with Gasteiger partial charge in [0.15, 0.2) is 0 Å². The van der Waals surface area contributed by atoms with Crippen LogP contribution in [-0.2, 0) is 11.3 Å². The second-order valence-corrected chi connectivity index (χ2v) is 8.42. The number of aliphatic hydroxyl groups excluding tert-OH is 1. The summed E-state index contributed by atoms with van der Waals surface area (Å²) in [5.41, 5.74) is -1.48. The fraction of sp³-hybridized carbons (Fsp3) is 0.280. The third kappa shape index (κ3) is 5.70. The maximum Gasteiger partial charge on any atom is 0.387 e. The Morgan fingerprint density at radius 3 is 2.41 bits per heavy atom. The first-order valence-electron chi connectivity index (χ1n) is 11.5. The molecular formula is C25H22F4N4O6. The molecule has 1 saturated heterocycles. The van der Waals surface area contributed by atoms with E-state index in [0.29, 0.717) is 0 Å². The molecule has 0 spiro atoms. The molecule has 0 saturated carbocycles. The van der Waals surface area contributed by atoms with Gasteiger partial charge in [-0.05, 0) is 24.3 Å². The Morgan fingerprint density at radius 2 is 1.82 bits per heavy atom. The lowest BCUT2D eigenvalue weighted by Gasteiger charge is -2.20. The van der Waals surface area contributed by atoms with E-state index < -0.39 is 59.7 Å². The van der Waals surface area contributed by atoms with Crippen LogP contribution >= 0.6 is 0 Å². The number of carbonyl (C=O) groups is 2. The second kappa shape index (κ2) is 11.5. The number of hydrogen-bond acceptors (Lipinski definition) is 7. The molecule has 1 aromatic heterocycles. The van der Waals surface area contributed by atoms with Crippen LogP contribution in [0.4, 0.5) is 23.2 Å². The van der Waals surface area contributed by atoms with Crippen molar-refractivity contribution in [1.82, 2.24) is 14.9 Å². The molecule has 0 unspecified atom stereocenters. The third-order valence-electron chi connectivity index (χ3n) is 6.12. The van der Waals surface area contributed by atoms with Gasteiger partial charge in [0.05, 0.1) is 32.8 Å². The highest BCUT2D eigenvalue weighted by atomic mass is 19.3. The van der Waals surface area contributed by atoms with Crippen molar-refractivity contribution in [1.29, 1.82) is 0 Å². The van der Waals surface area contributed by atoms with Crippen molar-refractivity contribution in [3.05, 3.63) is 82.0 Å². The topological polar surface area (TPSA) is 123 Å². The zero-order valence-electron chi connectivity index (χ0n) is 20.3. The molecule has 0 radical (unpaired) electrons. The lowest BCUT2D eigenvalue weighted by Crippen LogP contribution is -2.44. The summed E-state index contributed by atoms with van der Waals surface area (Å²) in [5, 5.41) is 11.6. The average Bonchev–Trinajstić information content (AvgIpc) is 3.20. The van der Waals surface area contributed by atoms with Crippen LogP contribution in [-0.4, -0.2) is 59.4 Å². The van der Waals surface area contributed by atoms with Crippen molar-refractivity contribution >= 4 is 17.5 Å². The zero-order valence-corrected chi connectivity index (χ0v) is 20.3. The SMILES string of the molecule is COc1cc(F)c([C@@H]2CN(c3cncn(CCO)c3=O)C(=O)[C@H]2NC(=O)c2ccc(OC(F)F)cc2)c(F)c1. The number of halogens is 4. The summed E-state index contributed by atoms with van der Waals surface area (Å²) in [4.78, 5) is 44.3. The molecule has 2 atom stereocenters. The molecule has 2 amide bonds. The van der Waals surface area contributed by atoms with Gasteiger partial charge in [-0.15, -0.1) is 0 Å². The first-order valence-corrected chi connectivity index (χ1v) is 11.5. The van der Waals surface area contributed by atoms with Gasteiger partial charge in [-0.2, -0.15) is 8.78 Å². The van der Waals surface area contributed by atoms with Crippen LogP contribution in [0, 0.1) is 11.6 Å². The molecule has 10 nitrogen and oxygen atoms in total. The van der Waals surface area contributed by atoms with Crippen LogP contribution in [0.3, 0.4) is 0 Å². The van der Waals surface area contributed by atoms with Gasteiger partial charge in [0.2, 0.25) is 5.91 Å². The number of carbonyl (C=O) groups excluding carboxylic acids is 2. The van der Waals surface area contributed by atoms with Crippen molar-refractivity contribution in [2.24, 2.45) is 0 Å². The van der Waals surface area contributed by atoms with Gasteiger partial charge < -0.3 is 24.8 Å². The number of alkyl halides is 2. The van der Waals surface area contributed by atoms with Gasteiger partial charge in [-0.25, -0.2) is 13.8 Å². The van der Waals surface area contributed by atoms with E-state index in [-0.39, 0.29) is 35.9 Å². The normalized spacial score (nSPS) is 17.0. The Morgan fingerprint density at radius 1 is 1.15 bits per heavy atom. The van der Waals surface area contributed by atoms with E-state index in [0.717, 1.165) is 46.3 Å². The molecule has 0 bridgehead atoms. The molecule has 3 aromatic rings. The maximum absolute atomic E-state index is 15.1. The lowest BCUT2D eigenvalue weighted by atomic mass is 9.92. The minimum Gasteiger partial charge on any atom is -0.497 e. The largest absolute Gasteiger partial charge is 0.497 e. The minimum absolute atomic E-state index is 0.0519. The van der Waals surface area contributed by atoms with Crippen molar-refractivity contribution in [3.8, 4) is 11.5 Å². The van der Waals surface area contributed by atoms with Gasteiger partial charge in [0.1, 0.15) is 34.9 Å². The molecule has 1 aliphatic heterocycles. The van der Waals surface area contributed by atoms with E-state index in [4.69, 9.17) is 4.74 Å². The number of aliphatic hydroxyl groups is 1. The van der Waals surface area contributed by atoms with Gasteiger partial charge in [0, 0.05) is 35.7 Å². The van der Waals surface area contributed by atoms with Crippen LogP contribution in [0.2, 0.25) is 0 Å². The molecule has 2 N–H and O–H groups in total. The first kappa shape index (κ1) is 27.6. The predicted octanol–water partition coefficient (Wildman–Crippen LogP) is 2.05. The Labute approximate surface area is 218 Å². The van der Waals surface area contributed by atoms with Crippen molar-refractivity contribution < 1.29 is 41.7 Å². The molecule has 4 rings (SSSR count). The number of rotatable bonds is 9. The summed E-state index contributed by atoms with van der Waals surface area (Å²) in [7, 11) is 1.22. The summed E-state index contributed by atoms with van der Waals surface area (Å²) >= 11 is 0. The van der Waals surface area contributed by atoms with Gasteiger partial charge >= 0.3 is 6.61 Å². The Bertz CT molecular complexity index is 1410. The van der Waals surface area contributed by atoms with Crippen LogP contribution in [0.5, 0.6) is 11.5 Å². The third-order valence-corrected chi connectivity index (χ3v) is 6.12. The predicted molar refractivity (Wildman–Crippen MR) is 128 cm³/mol. The first-order chi connectivity index (χ1) is 18.6. The standard InChI is InChI=1S/C25H22F4N4O6/c1-38-15-8-17(26)20(18(27)9-15)16-11-33(19-10-30-12-32(6-7-34)23(19)36)24(37)21(16)31-22(35)13-2-4-14(5-3-13)39-25(28)29/h2-5,8-10,12,16,21,25,34H,6-7,11H2,1H3,(H,31,35)/t16-,21-/m0/s1. The summed E-state index contributed by atoms with van der Waals surface area (Å²) < 4.78 is 65.2. The van der Waals surface area contributed by atoms with Crippen LogP contribution in [0.1, 0.15) is 21.8 Å². The highest BCUT2D eigenvalue weighted by Gasteiger charge is 2.46. The average molecular weight is 550 g/mol. The van der Waals surface area contributed by atoms with Crippen molar-refractivity contribution in [2.75, 3.05) is 25.2 Å². The maximum atomic E-state index is 15.1. The summed E-state index contributed by atoms with van der Waals surface area (Å²) in [6, 6.07) is 4.88. The number of aromatic nitrogens is 2. The van der Waals surface area contributed by atoms with E-state index in [1.54, 1.807) is 0 Å². The minimum atomic E-state index is -3.07. The monoisotopic (exact) mass is 550 g/mol. The van der Waals surface area contributed by atoms with Crippen LogP contribution in [0.15, 0.2) is 53.7 Å². The van der Waals surface area contributed by atoms with E-state index in [1.807, 2.05) is 0 Å². The molecule has 39 heavy (non-hydrogen) atoms. The molecule has 0 aliphatic carbocycles. The number of anilines is 1. The van der Waals surface area contributed by atoms with Gasteiger partial charge in [0.25, 0.3) is 11.5 Å². The Hall–Kier alpha value is -4.46. The van der Waals surface area contributed by atoms with E-state index >= 15 is 8.78 Å². The molecule has 14 heteroatoms. The summed E-state index contributed by atoms with van der Waals surface area (Å²) in [6.45, 7) is -3.97. The summed E-state index contributed by atoms with van der Waals surface area (Å²) in [6.07, 6.45) is 2.25. The summed E-state index contributed by atoms with van der Waals surface area (Å²) in [5.74, 6) is -5.38. The Kier molecular flexibility index (Phi) is 8.14. The molecule has 2 aromatic carbocycles. The Balaban J connectivity index is 1.72. The molecule has 206 valence electrons. The number of hydrogen-bond donors (Lipinski definition) is 2. The number of nitrogens with zero attached hydrogens (tertiary/aromatic N) is 3. The highest BCUT2D eigenvalue weighted by Crippen LogP contribution is 2.35. The number of amides is 2. The number of nitrogens with one attached hydrogen (secondary N) is 1.